The van der Waals surface area contributed by atoms with E-state index >= 15 is 0 Å². The Morgan fingerprint density at radius 3 is 2.71 bits per heavy atom. The molecule has 6 heteroatoms. The molecule has 1 N–H and O–H groups in total. The molecule has 2 rings (SSSR count). The first-order valence-electron chi connectivity index (χ1n) is 6.84. The van der Waals surface area contributed by atoms with E-state index in [2.05, 4.69) is 5.10 Å². The number of hydrogen-bond acceptors (Lipinski definition) is 2. The van der Waals surface area contributed by atoms with Gasteiger partial charge in [-0.25, -0.2) is 4.39 Å². The first-order valence-corrected chi connectivity index (χ1v) is 8.30. The maximum absolute atomic E-state index is 13.1. The Balaban J connectivity index is 2.31. The van der Waals surface area contributed by atoms with Crippen LogP contribution in [-0.4, -0.2) is 14.9 Å². The molecular weight excluding hydrogens is 406 g/mol. The van der Waals surface area contributed by atoms with E-state index in [0.29, 0.717) is 27.1 Å². The minimum atomic E-state index is -0.735. The van der Waals surface area contributed by atoms with Gasteiger partial charge in [0.05, 0.1) is 22.5 Å². The highest BCUT2D eigenvalue weighted by atomic mass is 127. The molecule has 0 fully saturated rings. The molecule has 114 valence electrons. The SMILES string of the molecule is CCc1nn(CC)c(CC(O)c2ccc(F)cc2I)c1Cl. The minimum absolute atomic E-state index is 0.305. The first kappa shape index (κ1) is 16.7. The molecule has 21 heavy (non-hydrogen) atoms. The number of halogens is 3. The number of aliphatic hydroxyl groups is 1. The van der Waals surface area contributed by atoms with Gasteiger partial charge in [0.15, 0.2) is 0 Å². The summed E-state index contributed by atoms with van der Waals surface area (Å²) in [4.78, 5) is 0. The number of benzene rings is 1. The van der Waals surface area contributed by atoms with E-state index in [0.717, 1.165) is 17.8 Å². The van der Waals surface area contributed by atoms with Gasteiger partial charge in [0.2, 0.25) is 0 Å². The second-order valence-corrected chi connectivity index (χ2v) is 6.30. The van der Waals surface area contributed by atoms with E-state index in [9.17, 15) is 9.50 Å². The van der Waals surface area contributed by atoms with Gasteiger partial charge in [-0.2, -0.15) is 5.10 Å². The third-order valence-corrected chi connectivity index (χ3v) is 4.77. The lowest BCUT2D eigenvalue weighted by Gasteiger charge is -2.14. The fraction of sp³-hybridized carbons (Fsp3) is 0.400. The van der Waals surface area contributed by atoms with Gasteiger partial charge in [0.25, 0.3) is 0 Å². The Kier molecular flexibility index (Phi) is 5.62. The van der Waals surface area contributed by atoms with E-state index in [4.69, 9.17) is 11.6 Å². The Bertz CT molecular complexity index is 645. The second kappa shape index (κ2) is 7.07. The average molecular weight is 423 g/mol. The Hall–Kier alpha value is -0.660. The van der Waals surface area contributed by atoms with Crippen LogP contribution in [0.4, 0.5) is 4.39 Å². The van der Waals surface area contributed by atoms with Crippen LogP contribution in [0.15, 0.2) is 18.2 Å². The van der Waals surface area contributed by atoms with Crippen molar-refractivity contribution in [3.8, 4) is 0 Å². The second-order valence-electron chi connectivity index (χ2n) is 4.76. The van der Waals surface area contributed by atoms with Crippen LogP contribution in [0.3, 0.4) is 0 Å². The normalized spacial score (nSPS) is 12.7. The number of aromatic nitrogens is 2. The fourth-order valence-corrected chi connectivity index (χ4v) is 3.46. The molecule has 0 radical (unpaired) electrons. The summed E-state index contributed by atoms with van der Waals surface area (Å²) in [5.74, 6) is -0.305. The first-order chi connectivity index (χ1) is 9.97. The summed E-state index contributed by atoms with van der Waals surface area (Å²) >= 11 is 8.38. The number of aliphatic hydroxyl groups excluding tert-OH is 1. The topological polar surface area (TPSA) is 38.0 Å². The Morgan fingerprint density at radius 1 is 1.43 bits per heavy atom. The van der Waals surface area contributed by atoms with E-state index in [-0.39, 0.29) is 5.82 Å². The third-order valence-electron chi connectivity index (χ3n) is 3.40. The van der Waals surface area contributed by atoms with Gasteiger partial charge < -0.3 is 5.11 Å². The van der Waals surface area contributed by atoms with E-state index in [1.807, 2.05) is 41.1 Å². The van der Waals surface area contributed by atoms with Crippen molar-refractivity contribution in [3.05, 3.63) is 49.6 Å². The standard InChI is InChI=1S/C15H17ClFIN2O/c1-3-12-15(16)13(20(4-2)19-12)8-14(21)10-6-5-9(17)7-11(10)18/h5-7,14,21H,3-4,8H2,1-2H3. The Labute approximate surface area is 142 Å². The predicted molar refractivity (Wildman–Crippen MR) is 90.1 cm³/mol. The zero-order valence-electron chi connectivity index (χ0n) is 11.9. The van der Waals surface area contributed by atoms with Crippen molar-refractivity contribution in [3.63, 3.8) is 0 Å². The van der Waals surface area contributed by atoms with Crippen molar-refractivity contribution in [1.82, 2.24) is 9.78 Å². The highest BCUT2D eigenvalue weighted by Crippen LogP contribution is 2.29. The smallest absolute Gasteiger partial charge is 0.124 e. The number of nitrogens with zero attached hydrogens (tertiary/aromatic N) is 2. The lowest BCUT2D eigenvalue weighted by atomic mass is 10.0. The van der Waals surface area contributed by atoms with Crippen LogP contribution in [0.1, 0.15) is 36.9 Å². The van der Waals surface area contributed by atoms with E-state index < -0.39 is 6.10 Å². The lowest BCUT2D eigenvalue weighted by molar-refractivity contribution is 0.174. The van der Waals surface area contributed by atoms with Crippen LogP contribution in [0.25, 0.3) is 0 Å². The summed E-state index contributed by atoms with van der Waals surface area (Å²) in [6, 6.07) is 4.38. The number of rotatable bonds is 5. The largest absolute Gasteiger partial charge is 0.388 e. The molecule has 0 bridgehead atoms. The van der Waals surface area contributed by atoms with Crippen molar-refractivity contribution in [2.24, 2.45) is 0 Å². The van der Waals surface area contributed by atoms with Gasteiger partial charge in [-0.3, -0.25) is 4.68 Å². The quantitative estimate of drug-likeness (QED) is 0.736. The predicted octanol–water partition coefficient (Wildman–Crippen LogP) is 4.14. The molecule has 1 aromatic carbocycles. The van der Waals surface area contributed by atoms with Crippen LogP contribution in [0.2, 0.25) is 5.02 Å². The van der Waals surface area contributed by atoms with Gasteiger partial charge in [-0.05, 0) is 53.6 Å². The summed E-state index contributed by atoms with van der Waals surface area (Å²) in [6.07, 6.45) is 0.381. The molecule has 1 atom stereocenters. The van der Waals surface area contributed by atoms with Crippen LogP contribution in [0, 0.1) is 9.39 Å². The number of hydrogen-bond donors (Lipinski definition) is 1. The molecule has 0 aliphatic rings. The highest BCUT2D eigenvalue weighted by molar-refractivity contribution is 14.1. The molecule has 0 amide bonds. The zero-order valence-corrected chi connectivity index (χ0v) is 14.8. The molecule has 0 spiro atoms. The molecule has 0 aliphatic heterocycles. The molecule has 0 aliphatic carbocycles. The van der Waals surface area contributed by atoms with Gasteiger partial charge in [-0.15, -0.1) is 0 Å². The van der Waals surface area contributed by atoms with E-state index in [1.165, 1.54) is 12.1 Å². The van der Waals surface area contributed by atoms with Crippen LogP contribution >= 0.6 is 34.2 Å². The fourth-order valence-electron chi connectivity index (χ4n) is 2.28. The molecule has 0 saturated heterocycles. The highest BCUT2D eigenvalue weighted by Gasteiger charge is 2.20. The van der Waals surface area contributed by atoms with Crippen LogP contribution in [0.5, 0.6) is 0 Å². The zero-order chi connectivity index (χ0) is 15.6. The summed E-state index contributed by atoms with van der Waals surface area (Å²) in [7, 11) is 0. The van der Waals surface area contributed by atoms with Gasteiger partial charge in [-0.1, -0.05) is 24.6 Å². The molecule has 0 saturated carbocycles. The lowest BCUT2D eigenvalue weighted by Crippen LogP contribution is -2.10. The minimum Gasteiger partial charge on any atom is -0.388 e. The molecule has 1 aromatic heterocycles. The summed E-state index contributed by atoms with van der Waals surface area (Å²) < 4.78 is 15.7. The average Bonchev–Trinajstić information content (AvgIpc) is 2.75. The molecule has 2 aromatic rings. The molecular formula is C15H17ClFIN2O. The molecule has 1 unspecified atom stereocenters. The third kappa shape index (κ3) is 3.57. The van der Waals surface area contributed by atoms with Crippen molar-refractivity contribution in [2.75, 3.05) is 0 Å². The van der Waals surface area contributed by atoms with Crippen molar-refractivity contribution in [2.45, 2.75) is 39.3 Å². The van der Waals surface area contributed by atoms with Gasteiger partial charge >= 0.3 is 0 Å². The summed E-state index contributed by atoms with van der Waals surface area (Å²) in [6.45, 7) is 4.68. The molecule has 3 nitrogen and oxygen atoms in total. The van der Waals surface area contributed by atoms with E-state index in [1.54, 1.807) is 6.07 Å². The molecule has 1 heterocycles. The maximum atomic E-state index is 13.1. The summed E-state index contributed by atoms with van der Waals surface area (Å²) in [5, 5.41) is 15.5. The van der Waals surface area contributed by atoms with Gasteiger partial charge in [0, 0.05) is 16.5 Å². The van der Waals surface area contributed by atoms with Crippen LogP contribution in [-0.2, 0) is 19.4 Å². The van der Waals surface area contributed by atoms with Crippen LogP contribution < -0.4 is 0 Å². The summed E-state index contributed by atoms with van der Waals surface area (Å²) in [5.41, 5.74) is 2.37. The Morgan fingerprint density at radius 2 is 2.14 bits per heavy atom. The van der Waals surface area contributed by atoms with Crippen molar-refractivity contribution < 1.29 is 9.50 Å². The maximum Gasteiger partial charge on any atom is 0.124 e. The number of aryl methyl sites for hydroxylation is 2. The van der Waals surface area contributed by atoms with Gasteiger partial charge in [0.1, 0.15) is 5.82 Å². The van der Waals surface area contributed by atoms with Crippen molar-refractivity contribution in [1.29, 1.82) is 0 Å². The van der Waals surface area contributed by atoms with Crippen molar-refractivity contribution >= 4 is 34.2 Å². The monoisotopic (exact) mass is 422 g/mol.